The van der Waals surface area contributed by atoms with Crippen LogP contribution in [-0.4, -0.2) is 43.9 Å². The van der Waals surface area contributed by atoms with Crippen LogP contribution in [0.15, 0.2) is 85.3 Å². The summed E-state index contributed by atoms with van der Waals surface area (Å²) in [7, 11) is 1.80. The summed E-state index contributed by atoms with van der Waals surface area (Å²) < 4.78 is 1.75. The second-order valence-corrected chi connectivity index (χ2v) is 10.4. The zero-order valence-electron chi connectivity index (χ0n) is 22.8. The summed E-state index contributed by atoms with van der Waals surface area (Å²) in [5, 5.41) is 24.1. The van der Waals surface area contributed by atoms with Crippen LogP contribution < -0.4 is 9.80 Å². The maximum atomic E-state index is 12.7. The van der Waals surface area contributed by atoms with E-state index in [2.05, 4.69) is 4.98 Å². The third kappa shape index (κ3) is 4.99. The number of pyridine rings is 1. The Morgan fingerprint density at radius 2 is 1.63 bits per heavy atom. The Kier molecular flexibility index (Phi) is 7.91. The second kappa shape index (κ2) is 11.4. The van der Waals surface area contributed by atoms with Gasteiger partial charge in [-0.05, 0) is 61.4 Å². The van der Waals surface area contributed by atoms with Crippen molar-refractivity contribution >= 4 is 57.4 Å². The van der Waals surface area contributed by atoms with Crippen LogP contribution in [0.3, 0.4) is 0 Å². The predicted molar refractivity (Wildman–Crippen MR) is 164 cm³/mol. The summed E-state index contributed by atoms with van der Waals surface area (Å²) in [6, 6.07) is 21.1. The van der Waals surface area contributed by atoms with Crippen LogP contribution in [0.25, 0.3) is 10.9 Å². The number of hydrogen-bond donors (Lipinski definition) is 2. The van der Waals surface area contributed by atoms with Crippen molar-refractivity contribution in [2.75, 3.05) is 22.9 Å². The predicted octanol–water partition coefficient (Wildman–Crippen LogP) is 7.22. The molecule has 0 saturated carbocycles. The largest absolute Gasteiger partial charge is 0.464 e. The van der Waals surface area contributed by atoms with Crippen molar-refractivity contribution in [1.82, 2.24) is 14.5 Å². The van der Waals surface area contributed by atoms with E-state index in [-0.39, 0.29) is 10.7 Å². The molecule has 0 aliphatic rings. The Morgan fingerprint density at radius 1 is 0.976 bits per heavy atom. The monoisotopic (exact) mass is 589 g/mol. The lowest BCUT2D eigenvalue weighted by molar-refractivity contribution is 0.117. The van der Waals surface area contributed by atoms with Gasteiger partial charge in [-0.2, -0.15) is 0 Å². The van der Waals surface area contributed by atoms with E-state index in [9.17, 15) is 15.0 Å². The van der Waals surface area contributed by atoms with Crippen molar-refractivity contribution in [2.24, 2.45) is 7.05 Å². The van der Waals surface area contributed by atoms with Crippen LogP contribution in [0.1, 0.15) is 30.7 Å². The van der Waals surface area contributed by atoms with Gasteiger partial charge in [-0.25, -0.2) is 19.7 Å². The molecule has 8 nitrogen and oxygen atoms in total. The molecule has 1 unspecified atom stereocenters. The van der Waals surface area contributed by atoms with Gasteiger partial charge in [0.15, 0.2) is 11.4 Å². The maximum absolute atomic E-state index is 12.7. The number of imidazole rings is 1. The number of aliphatic hydroxyl groups is 1. The normalized spacial score (nSPS) is 12.7. The topological polar surface area (TPSA) is 94.7 Å². The number of carbonyl (C=O) groups is 1. The molecule has 0 radical (unpaired) electrons. The molecule has 2 aromatic heterocycles. The van der Waals surface area contributed by atoms with E-state index in [0.29, 0.717) is 57.3 Å². The molecule has 3 aromatic carbocycles. The van der Waals surface area contributed by atoms with Gasteiger partial charge in [0, 0.05) is 30.5 Å². The van der Waals surface area contributed by atoms with E-state index in [4.69, 9.17) is 28.2 Å². The summed E-state index contributed by atoms with van der Waals surface area (Å²) in [6.45, 7) is 5.14. The zero-order chi connectivity index (χ0) is 29.3. The van der Waals surface area contributed by atoms with Crippen LogP contribution in [0.4, 0.5) is 22.0 Å². The van der Waals surface area contributed by atoms with Crippen molar-refractivity contribution in [2.45, 2.75) is 19.4 Å². The molecule has 210 valence electrons. The lowest BCUT2D eigenvalue weighted by atomic mass is 9.83. The quantitative estimate of drug-likeness (QED) is 0.198. The van der Waals surface area contributed by atoms with Gasteiger partial charge in [-0.1, -0.05) is 59.6 Å². The molecule has 0 aliphatic heterocycles. The third-order valence-electron chi connectivity index (χ3n) is 7.24. The highest BCUT2D eigenvalue weighted by Crippen LogP contribution is 2.45. The van der Waals surface area contributed by atoms with Gasteiger partial charge >= 0.3 is 6.09 Å². The third-order valence-corrected chi connectivity index (χ3v) is 7.87. The van der Waals surface area contributed by atoms with Gasteiger partial charge in [0.05, 0.1) is 34.4 Å². The molecule has 2 heterocycles. The van der Waals surface area contributed by atoms with Gasteiger partial charge in [0.1, 0.15) is 5.69 Å². The van der Waals surface area contributed by atoms with Gasteiger partial charge < -0.3 is 19.7 Å². The number of rotatable bonds is 8. The minimum atomic E-state index is -1.63. The van der Waals surface area contributed by atoms with Crippen LogP contribution in [0, 0.1) is 0 Å². The van der Waals surface area contributed by atoms with E-state index in [1.54, 1.807) is 90.9 Å². The van der Waals surface area contributed by atoms with Crippen LogP contribution in [0.5, 0.6) is 0 Å². The zero-order valence-corrected chi connectivity index (χ0v) is 24.3. The fourth-order valence-electron chi connectivity index (χ4n) is 5.14. The average Bonchev–Trinajstić information content (AvgIpc) is 3.42. The van der Waals surface area contributed by atoms with Crippen molar-refractivity contribution in [3.63, 3.8) is 0 Å². The fourth-order valence-corrected chi connectivity index (χ4v) is 5.59. The standard InChI is InChI=1S/C31H29Cl2N5O3/c1-4-37(5-2)29-28(38(30(39)40)23-9-7-6-8-10-23)27(33)24-17-21(13-16-25(24)35-29)31(41,26-18-34-19-36(26)3)20-11-14-22(32)15-12-20/h6-19,41H,4-5H2,1-3H3,(H,39,40). The number of fused-ring (bicyclic) bond motifs is 1. The summed E-state index contributed by atoms with van der Waals surface area (Å²) in [6.07, 6.45) is 2.02. The highest BCUT2D eigenvalue weighted by molar-refractivity contribution is 6.39. The summed E-state index contributed by atoms with van der Waals surface area (Å²) in [4.78, 5) is 25.0. The van der Waals surface area contributed by atoms with Gasteiger partial charge in [-0.3, -0.25) is 0 Å². The van der Waals surface area contributed by atoms with Crippen molar-refractivity contribution < 1.29 is 15.0 Å². The first-order valence-electron chi connectivity index (χ1n) is 13.1. The average molecular weight is 591 g/mol. The molecule has 10 heteroatoms. The molecule has 0 spiro atoms. The fraction of sp³-hybridized carbons (Fsp3) is 0.194. The molecule has 0 fully saturated rings. The van der Waals surface area contributed by atoms with Crippen molar-refractivity contribution in [3.05, 3.63) is 112 Å². The van der Waals surface area contributed by atoms with E-state index in [1.807, 2.05) is 24.8 Å². The molecule has 0 saturated heterocycles. The van der Waals surface area contributed by atoms with Gasteiger partial charge in [-0.15, -0.1) is 0 Å². The highest BCUT2D eigenvalue weighted by atomic mass is 35.5. The van der Waals surface area contributed by atoms with E-state index in [1.165, 1.54) is 0 Å². The van der Waals surface area contributed by atoms with E-state index >= 15 is 0 Å². The van der Waals surface area contributed by atoms with Gasteiger partial charge in [0.25, 0.3) is 0 Å². The molecular formula is C31H29Cl2N5O3. The molecular weight excluding hydrogens is 561 g/mol. The smallest absolute Gasteiger partial charge is 0.416 e. The number of carboxylic acid groups (broad SMARTS) is 1. The Labute approximate surface area is 248 Å². The number of benzene rings is 3. The number of nitrogens with zero attached hydrogens (tertiary/aromatic N) is 5. The summed E-state index contributed by atoms with van der Waals surface area (Å²) >= 11 is 13.3. The molecule has 1 amide bonds. The molecule has 2 N–H and O–H groups in total. The SMILES string of the molecule is CCN(CC)c1nc2ccc(C(O)(c3ccc(Cl)cc3)c3cncn3C)cc2c(Cl)c1N(C(=O)O)c1ccccc1. The first-order valence-corrected chi connectivity index (χ1v) is 13.9. The summed E-state index contributed by atoms with van der Waals surface area (Å²) in [5.41, 5.74) is 1.21. The summed E-state index contributed by atoms with van der Waals surface area (Å²) in [5.74, 6) is 0.450. The van der Waals surface area contributed by atoms with Crippen LogP contribution in [-0.2, 0) is 12.6 Å². The lowest BCUT2D eigenvalue weighted by Gasteiger charge is -2.31. The Morgan fingerprint density at radius 3 is 2.22 bits per heavy atom. The Balaban J connectivity index is 1.82. The van der Waals surface area contributed by atoms with E-state index < -0.39 is 11.7 Å². The molecule has 1 atom stereocenters. The minimum Gasteiger partial charge on any atom is -0.464 e. The van der Waals surface area contributed by atoms with Crippen LogP contribution in [0.2, 0.25) is 10.0 Å². The molecule has 41 heavy (non-hydrogen) atoms. The molecule has 5 aromatic rings. The Bertz CT molecular complexity index is 1710. The second-order valence-electron chi connectivity index (χ2n) is 9.56. The number of anilines is 3. The number of halogens is 2. The van der Waals surface area contributed by atoms with Crippen molar-refractivity contribution in [3.8, 4) is 0 Å². The van der Waals surface area contributed by atoms with E-state index in [0.717, 1.165) is 4.90 Å². The van der Waals surface area contributed by atoms with Gasteiger partial charge in [0.2, 0.25) is 0 Å². The molecule has 0 aliphatic carbocycles. The van der Waals surface area contributed by atoms with Crippen LogP contribution >= 0.6 is 23.2 Å². The first-order chi connectivity index (χ1) is 19.7. The maximum Gasteiger partial charge on any atom is 0.416 e. The number of aryl methyl sites for hydroxylation is 1. The number of aromatic nitrogens is 3. The number of para-hydroxylation sites is 1. The number of amides is 1. The first kappa shape index (κ1) is 28.4. The Hall–Kier alpha value is -4.11. The molecule has 0 bridgehead atoms. The minimum absolute atomic E-state index is 0.202. The lowest BCUT2D eigenvalue weighted by Crippen LogP contribution is -2.31. The highest BCUT2D eigenvalue weighted by Gasteiger charge is 2.37. The van der Waals surface area contributed by atoms with Crippen molar-refractivity contribution in [1.29, 1.82) is 0 Å². The number of hydrogen-bond acceptors (Lipinski definition) is 5. The molecule has 5 rings (SSSR count).